The quantitative estimate of drug-likeness (QED) is 0.772. The first kappa shape index (κ1) is 16.2. The van der Waals surface area contributed by atoms with Crippen LogP contribution in [-0.4, -0.2) is 32.6 Å². The molecule has 1 aromatic carbocycles. The molecule has 0 saturated carbocycles. The Bertz CT molecular complexity index is 849. The Balaban J connectivity index is 2.45. The Morgan fingerprint density at radius 2 is 2.14 bits per heavy atom. The number of benzene rings is 1. The molecule has 120 valence electrons. The maximum Gasteiger partial charge on any atom is 0.420 e. The molecule has 0 fully saturated rings. The number of methoxy groups -OCH3 is 1. The van der Waals surface area contributed by atoms with Crippen LogP contribution >= 0.6 is 0 Å². The van der Waals surface area contributed by atoms with E-state index in [1.54, 1.807) is 0 Å². The number of rotatable bonds is 6. The molecule has 0 spiro atoms. The molecule has 0 amide bonds. The third-order valence-corrected chi connectivity index (χ3v) is 4.47. The second-order valence-corrected chi connectivity index (χ2v) is 6.32. The van der Waals surface area contributed by atoms with Gasteiger partial charge in [0.25, 0.3) is 0 Å². The van der Waals surface area contributed by atoms with Gasteiger partial charge in [0.2, 0.25) is 10.0 Å². The van der Waals surface area contributed by atoms with Crippen LogP contribution in [0.25, 0.3) is 11.1 Å². The van der Waals surface area contributed by atoms with Crippen molar-refractivity contribution in [1.29, 1.82) is 0 Å². The fourth-order valence-corrected chi connectivity index (χ4v) is 3.03. The predicted molar refractivity (Wildman–Crippen MR) is 78.0 cm³/mol. The molecule has 0 radical (unpaired) electrons. The zero-order chi connectivity index (χ0) is 16.3. The van der Waals surface area contributed by atoms with Gasteiger partial charge in [-0.25, -0.2) is 17.9 Å². The molecule has 0 saturated heterocycles. The van der Waals surface area contributed by atoms with Crippen LogP contribution < -0.4 is 10.5 Å². The molecule has 0 bridgehead atoms. The van der Waals surface area contributed by atoms with E-state index in [-0.39, 0.29) is 17.0 Å². The zero-order valence-electron chi connectivity index (χ0n) is 12.2. The van der Waals surface area contributed by atoms with Crippen LogP contribution in [0.1, 0.15) is 13.3 Å². The van der Waals surface area contributed by atoms with Gasteiger partial charge >= 0.3 is 11.7 Å². The number of hydrogen-bond donors (Lipinski definition) is 1. The Kier molecular flexibility index (Phi) is 4.67. The Hall–Kier alpha value is -2.13. The molecule has 0 unspecified atom stereocenters. The van der Waals surface area contributed by atoms with Gasteiger partial charge in [-0.05, 0) is 18.6 Å². The summed E-state index contributed by atoms with van der Waals surface area (Å²) in [7, 11) is -2.45. The first-order valence-corrected chi connectivity index (χ1v) is 8.07. The number of aromatic nitrogens is 1. The number of oxazole rings is 1. The van der Waals surface area contributed by atoms with Crippen LogP contribution in [-0.2, 0) is 26.1 Å². The van der Waals surface area contributed by atoms with Crippen molar-refractivity contribution >= 4 is 27.1 Å². The molecule has 0 aliphatic heterocycles. The highest BCUT2D eigenvalue weighted by molar-refractivity contribution is 7.89. The van der Waals surface area contributed by atoms with E-state index in [1.165, 1.54) is 25.3 Å². The van der Waals surface area contributed by atoms with Gasteiger partial charge in [-0.3, -0.25) is 9.36 Å². The fraction of sp³-hybridized carbons (Fsp3) is 0.385. The summed E-state index contributed by atoms with van der Waals surface area (Å²) >= 11 is 0. The summed E-state index contributed by atoms with van der Waals surface area (Å²) in [5.74, 6) is -1.36. The van der Waals surface area contributed by atoms with E-state index in [1.807, 2.05) is 6.92 Å². The second-order valence-electron chi connectivity index (χ2n) is 4.56. The van der Waals surface area contributed by atoms with E-state index in [0.29, 0.717) is 18.5 Å². The van der Waals surface area contributed by atoms with Gasteiger partial charge in [0.05, 0.1) is 17.5 Å². The van der Waals surface area contributed by atoms with Crippen LogP contribution in [0.4, 0.5) is 0 Å². The third-order valence-electron chi connectivity index (χ3n) is 3.01. The average molecular weight is 328 g/mol. The topological polar surface area (TPSA) is 108 Å². The molecule has 2 aromatic rings. The van der Waals surface area contributed by atoms with Crippen molar-refractivity contribution in [2.24, 2.45) is 0 Å². The number of hydrogen-bond acceptors (Lipinski definition) is 6. The van der Waals surface area contributed by atoms with Gasteiger partial charge in [0.1, 0.15) is 6.54 Å². The number of carbonyl (C=O) groups excluding carboxylic acids is 1. The van der Waals surface area contributed by atoms with E-state index in [9.17, 15) is 18.0 Å². The number of carbonyl (C=O) groups is 1. The van der Waals surface area contributed by atoms with E-state index in [4.69, 9.17) is 4.42 Å². The monoisotopic (exact) mass is 328 g/mol. The van der Waals surface area contributed by atoms with Gasteiger partial charge in [0.15, 0.2) is 5.58 Å². The van der Waals surface area contributed by atoms with Crippen molar-refractivity contribution in [3.05, 3.63) is 28.7 Å². The molecule has 1 aromatic heterocycles. The lowest BCUT2D eigenvalue weighted by Gasteiger charge is -2.05. The van der Waals surface area contributed by atoms with Crippen LogP contribution in [0.15, 0.2) is 32.3 Å². The minimum Gasteiger partial charge on any atom is -0.468 e. The summed E-state index contributed by atoms with van der Waals surface area (Å²) in [4.78, 5) is 23.0. The maximum atomic E-state index is 12.0. The smallest absolute Gasteiger partial charge is 0.420 e. The molecular weight excluding hydrogens is 312 g/mol. The summed E-state index contributed by atoms with van der Waals surface area (Å²) in [6, 6.07) is 4.02. The van der Waals surface area contributed by atoms with E-state index < -0.39 is 21.7 Å². The summed E-state index contributed by atoms with van der Waals surface area (Å²) in [5.41, 5.74) is 0.415. The predicted octanol–water partition coefficient (Wildman–Crippen LogP) is 0.456. The van der Waals surface area contributed by atoms with Crippen molar-refractivity contribution in [3.63, 3.8) is 0 Å². The van der Waals surface area contributed by atoms with Crippen molar-refractivity contribution in [3.8, 4) is 0 Å². The number of ether oxygens (including phenoxy) is 1. The minimum absolute atomic E-state index is 0.00702. The molecular formula is C13H16N2O6S. The van der Waals surface area contributed by atoms with Gasteiger partial charge in [-0.1, -0.05) is 6.92 Å². The standard InChI is InChI=1S/C13H16N2O6S/c1-3-6-14-22(18,19)9-4-5-10-11(7-9)21-13(17)15(10)8-12(16)20-2/h4-5,7,14H,3,6,8H2,1-2H3. The highest BCUT2D eigenvalue weighted by Crippen LogP contribution is 2.18. The van der Waals surface area contributed by atoms with Gasteiger partial charge in [-0.2, -0.15) is 0 Å². The zero-order valence-corrected chi connectivity index (χ0v) is 13.0. The average Bonchev–Trinajstić information content (AvgIpc) is 2.80. The highest BCUT2D eigenvalue weighted by Gasteiger charge is 2.18. The van der Waals surface area contributed by atoms with Crippen LogP contribution in [0.3, 0.4) is 0 Å². The molecule has 0 atom stereocenters. The van der Waals surface area contributed by atoms with Crippen molar-refractivity contribution in [2.45, 2.75) is 24.8 Å². The molecule has 0 aliphatic carbocycles. The Labute approximate surface area is 126 Å². The summed E-state index contributed by atoms with van der Waals surface area (Å²) in [6.07, 6.45) is 0.659. The maximum absolute atomic E-state index is 12.0. The van der Waals surface area contributed by atoms with Crippen molar-refractivity contribution in [1.82, 2.24) is 9.29 Å². The van der Waals surface area contributed by atoms with Gasteiger partial charge in [0, 0.05) is 12.6 Å². The Morgan fingerprint density at radius 3 is 2.77 bits per heavy atom. The lowest BCUT2D eigenvalue weighted by molar-refractivity contribution is -0.141. The fourth-order valence-electron chi connectivity index (χ4n) is 1.88. The van der Waals surface area contributed by atoms with Crippen LogP contribution in [0.2, 0.25) is 0 Å². The summed E-state index contributed by atoms with van der Waals surface area (Å²) < 4.78 is 37.1. The van der Waals surface area contributed by atoms with Crippen molar-refractivity contribution in [2.75, 3.05) is 13.7 Å². The largest absolute Gasteiger partial charge is 0.468 e. The Morgan fingerprint density at radius 1 is 1.41 bits per heavy atom. The highest BCUT2D eigenvalue weighted by atomic mass is 32.2. The molecule has 8 nitrogen and oxygen atoms in total. The number of sulfonamides is 1. The lowest BCUT2D eigenvalue weighted by atomic mass is 10.3. The summed E-state index contributed by atoms with van der Waals surface area (Å²) in [6.45, 7) is 1.86. The van der Waals surface area contributed by atoms with Gasteiger partial charge < -0.3 is 9.15 Å². The van der Waals surface area contributed by atoms with Crippen LogP contribution in [0, 0.1) is 0 Å². The van der Waals surface area contributed by atoms with E-state index >= 15 is 0 Å². The SMILES string of the molecule is CCCNS(=O)(=O)c1ccc2c(c1)oc(=O)n2CC(=O)OC. The molecule has 0 aliphatic rings. The lowest BCUT2D eigenvalue weighted by Crippen LogP contribution is -2.24. The van der Waals surface area contributed by atoms with Gasteiger partial charge in [-0.15, -0.1) is 0 Å². The van der Waals surface area contributed by atoms with E-state index in [0.717, 1.165) is 4.57 Å². The van der Waals surface area contributed by atoms with Crippen molar-refractivity contribution < 1.29 is 22.4 Å². The number of nitrogens with zero attached hydrogens (tertiary/aromatic N) is 1. The molecule has 1 heterocycles. The number of nitrogens with one attached hydrogen (secondary N) is 1. The summed E-state index contributed by atoms with van der Waals surface area (Å²) in [5, 5.41) is 0. The van der Waals surface area contributed by atoms with Crippen LogP contribution in [0.5, 0.6) is 0 Å². The second kappa shape index (κ2) is 6.32. The number of fused-ring (bicyclic) bond motifs is 1. The molecule has 9 heteroatoms. The molecule has 1 N–H and O–H groups in total. The first-order chi connectivity index (χ1) is 10.4. The molecule has 2 rings (SSSR count). The van der Waals surface area contributed by atoms with E-state index in [2.05, 4.69) is 9.46 Å². The third kappa shape index (κ3) is 3.20. The first-order valence-electron chi connectivity index (χ1n) is 6.59. The normalized spacial score (nSPS) is 11.7. The minimum atomic E-state index is -3.66. The molecule has 22 heavy (non-hydrogen) atoms. The number of esters is 1.